The molecule has 1 aliphatic heterocycles. The van der Waals surface area contributed by atoms with E-state index in [2.05, 4.69) is 31.8 Å². The van der Waals surface area contributed by atoms with E-state index in [0.29, 0.717) is 0 Å². The van der Waals surface area contributed by atoms with Gasteiger partial charge in [-0.1, -0.05) is 26.8 Å². The highest BCUT2D eigenvalue weighted by Gasteiger charge is 2.20. The SMILES string of the molecule is CCC(C)(C)C1=CCCC=N1. The van der Waals surface area contributed by atoms with Crippen molar-refractivity contribution in [3.05, 3.63) is 11.8 Å². The summed E-state index contributed by atoms with van der Waals surface area (Å²) in [5, 5.41) is 0. The van der Waals surface area contributed by atoms with E-state index in [0.717, 1.165) is 12.8 Å². The Kier molecular flexibility index (Phi) is 2.48. The minimum Gasteiger partial charge on any atom is -0.265 e. The molecule has 0 aromatic carbocycles. The van der Waals surface area contributed by atoms with Gasteiger partial charge in [-0.25, -0.2) is 0 Å². The third kappa shape index (κ3) is 1.92. The Labute approximate surface area is 69.2 Å². The molecule has 0 aromatic rings. The Hall–Kier alpha value is -0.590. The van der Waals surface area contributed by atoms with Crippen LogP contribution in [-0.4, -0.2) is 6.21 Å². The van der Waals surface area contributed by atoms with Crippen LogP contribution in [0, 0.1) is 5.41 Å². The van der Waals surface area contributed by atoms with Crippen LogP contribution in [-0.2, 0) is 0 Å². The first-order valence-corrected chi connectivity index (χ1v) is 4.40. The second-order valence-corrected chi connectivity index (χ2v) is 3.72. The molecule has 0 atom stereocenters. The summed E-state index contributed by atoms with van der Waals surface area (Å²) < 4.78 is 0. The van der Waals surface area contributed by atoms with Gasteiger partial charge in [-0.3, -0.25) is 4.99 Å². The summed E-state index contributed by atoms with van der Waals surface area (Å²) in [4.78, 5) is 4.41. The minimum atomic E-state index is 0.275. The van der Waals surface area contributed by atoms with Crippen LogP contribution >= 0.6 is 0 Å². The van der Waals surface area contributed by atoms with Crippen LogP contribution < -0.4 is 0 Å². The molecule has 0 bridgehead atoms. The van der Waals surface area contributed by atoms with Gasteiger partial charge in [0.15, 0.2) is 0 Å². The van der Waals surface area contributed by atoms with Crippen LogP contribution in [0.5, 0.6) is 0 Å². The van der Waals surface area contributed by atoms with E-state index in [1.807, 2.05) is 6.21 Å². The first kappa shape index (κ1) is 8.51. The lowest BCUT2D eigenvalue weighted by molar-refractivity contribution is 0.422. The van der Waals surface area contributed by atoms with Gasteiger partial charge >= 0.3 is 0 Å². The third-order valence-electron chi connectivity index (χ3n) is 2.44. The fourth-order valence-electron chi connectivity index (χ4n) is 1.14. The predicted molar refractivity (Wildman–Crippen MR) is 49.9 cm³/mol. The lowest BCUT2D eigenvalue weighted by Crippen LogP contribution is -2.13. The van der Waals surface area contributed by atoms with Crippen LogP contribution in [0.15, 0.2) is 16.8 Å². The number of hydrogen-bond donors (Lipinski definition) is 0. The summed E-state index contributed by atoms with van der Waals surface area (Å²) in [6, 6.07) is 0. The standard InChI is InChI=1S/C10H17N/c1-4-10(2,3)9-7-5-6-8-11-9/h7-8H,4-6H2,1-3H3. The van der Waals surface area contributed by atoms with Gasteiger partial charge < -0.3 is 0 Å². The molecular formula is C10H17N. The molecular weight excluding hydrogens is 134 g/mol. The predicted octanol–water partition coefficient (Wildman–Crippen LogP) is 3.17. The molecule has 0 fully saturated rings. The van der Waals surface area contributed by atoms with Gasteiger partial charge in [-0.05, 0) is 19.3 Å². The van der Waals surface area contributed by atoms with Crippen LogP contribution in [0.2, 0.25) is 0 Å². The Morgan fingerprint density at radius 3 is 2.64 bits per heavy atom. The summed E-state index contributed by atoms with van der Waals surface area (Å²) >= 11 is 0. The highest BCUT2D eigenvalue weighted by atomic mass is 14.8. The highest BCUT2D eigenvalue weighted by molar-refractivity contribution is 5.61. The van der Waals surface area contributed by atoms with Crippen molar-refractivity contribution in [1.82, 2.24) is 0 Å². The lowest BCUT2D eigenvalue weighted by Gasteiger charge is -2.24. The van der Waals surface area contributed by atoms with E-state index in [9.17, 15) is 0 Å². The number of hydrogen-bond acceptors (Lipinski definition) is 1. The number of rotatable bonds is 2. The Morgan fingerprint density at radius 2 is 2.18 bits per heavy atom. The monoisotopic (exact) mass is 151 g/mol. The van der Waals surface area contributed by atoms with Crippen LogP contribution in [0.4, 0.5) is 0 Å². The molecule has 0 aliphatic carbocycles. The second kappa shape index (κ2) is 3.21. The maximum atomic E-state index is 4.41. The molecule has 1 rings (SSSR count). The largest absolute Gasteiger partial charge is 0.265 e. The maximum absolute atomic E-state index is 4.41. The van der Waals surface area contributed by atoms with Crippen LogP contribution in [0.1, 0.15) is 40.0 Å². The van der Waals surface area contributed by atoms with E-state index >= 15 is 0 Å². The van der Waals surface area contributed by atoms with E-state index in [1.165, 1.54) is 12.1 Å². The molecule has 1 heteroatoms. The van der Waals surface area contributed by atoms with Gasteiger partial charge in [-0.15, -0.1) is 0 Å². The average molecular weight is 151 g/mol. The quantitative estimate of drug-likeness (QED) is 0.575. The Bertz CT molecular complexity index is 187. The molecule has 1 heterocycles. The molecule has 0 aromatic heterocycles. The number of nitrogens with zero attached hydrogens (tertiary/aromatic N) is 1. The molecule has 0 unspecified atom stereocenters. The van der Waals surface area contributed by atoms with Gasteiger partial charge in [0.05, 0.1) is 0 Å². The van der Waals surface area contributed by atoms with Crippen molar-refractivity contribution < 1.29 is 0 Å². The zero-order chi connectivity index (χ0) is 8.32. The van der Waals surface area contributed by atoms with Gasteiger partial charge in [0.1, 0.15) is 0 Å². The van der Waals surface area contributed by atoms with Crippen molar-refractivity contribution in [2.45, 2.75) is 40.0 Å². The van der Waals surface area contributed by atoms with Crippen molar-refractivity contribution in [2.24, 2.45) is 10.4 Å². The summed E-state index contributed by atoms with van der Waals surface area (Å²) in [5.41, 5.74) is 1.54. The zero-order valence-corrected chi connectivity index (χ0v) is 7.72. The molecule has 0 saturated heterocycles. The first-order chi connectivity index (χ1) is 5.17. The Morgan fingerprint density at radius 1 is 1.45 bits per heavy atom. The molecule has 1 aliphatic rings. The highest BCUT2D eigenvalue weighted by Crippen LogP contribution is 2.32. The van der Waals surface area contributed by atoms with Crippen LogP contribution in [0.3, 0.4) is 0 Å². The molecule has 0 saturated carbocycles. The number of allylic oxidation sites excluding steroid dienone is 2. The van der Waals surface area contributed by atoms with Crippen molar-refractivity contribution in [1.29, 1.82) is 0 Å². The minimum absolute atomic E-state index is 0.275. The summed E-state index contributed by atoms with van der Waals surface area (Å²) in [6.07, 6.45) is 7.75. The molecule has 1 nitrogen and oxygen atoms in total. The lowest BCUT2D eigenvalue weighted by atomic mass is 9.85. The maximum Gasteiger partial charge on any atom is 0.0416 e. The van der Waals surface area contributed by atoms with Crippen molar-refractivity contribution in [2.75, 3.05) is 0 Å². The normalized spacial score (nSPS) is 18.3. The summed E-state index contributed by atoms with van der Waals surface area (Å²) in [7, 11) is 0. The van der Waals surface area contributed by atoms with Gasteiger partial charge in [0.2, 0.25) is 0 Å². The smallest absolute Gasteiger partial charge is 0.0416 e. The van der Waals surface area contributed by atoms with E-state index in [1.54, 1.807) is 0 Å². The van der Waals surface area contributed by atoms with Gasteiger partial charge in [0.25, 0.3) is 0 Å². The molecule has 0 N–H and O–H groups in total. The second-order valence-electron chi connectivity index (χ2n) is 3.72. The van der Waals surface area contributed by atoms with Crippen LogP contribution in [0.25, 0.3) is 0 Å². The van der Waals surface area contributed by atoms with Gasteiger partial charge in [0, 0.05) is 17.3 Å². The average Bonchev–Trinajstić information content (AvgIpc) is 2.06. The molecule has 11 heavy (non-hydrogen) atoms. The number of aliphatic imine (C=N–C) groups is 1. The van der Waals surface area contributed by atoms with E-state index in [-0.39, 0.29) is 5.41 Å². The zero-order valence-electron chi connectivity index (χ0n) is 7.72. The summed E-state index contributed by atoms with van der Waals surface area (Å²) in [6.45, 7) is 6.72. The third-order valence-corrected chi connectivity index (χ3v) is 2.44. The molecule has 0 amide bonds. The van der Waals surface area contributed by atoms with Gasteiger partial charge in [-0.2, -0.15) is 0 Å². The Balaban J connectivity index is 2.73. The van der Waals surface area contributed by atoms with Crippen molar-refractivity contribution in [3.8, 4) is 0 Å². The van der Waals surface area contributed by atoms with Crippen molar-refractivity contribution >= 4 is 6.21 Å². The topological polar surface area (TPSA) is 12.4 Å². The fourth-order valence-corrected chi connectivity index (χ4v) is 1.14. The molecule has 62 valence electrons. The van der Waals surface area contributed by atoms with Crippen molar-refractivity contribution in [3.63, 3.8) is 0 Å². The first-order valence-electron chi connectivity index (χ1n) is 4.40. The summed E-state index contributed by atoms with van der Waals surface area (Å²) in [5.74, 6) is 0. The fraction of sp³-hybridized carbons (Fsp3) is 0.700. The molecule has 0 radical (unpaired) electrons. The van der Waals surface area contributed by atoms with E-state index < -0.39 is 0 Å². The van der Waals surface area contributed by atoms with E-state index in [4.69, 9.17) is 0 Å². The molecule has 0 spiro atoms.